The van der Waals surface area contributed by atoms with Crippen molar-refractivity contribution in [1.82, 2.24) is 0 Å². The Bertz CT molecular complexity index is 488. The molecule has 0 spiro atoms. The molecule has 0 radical (unpaired) electrons. The van der Waals surface area contributed by atoms with Crippen LogP contribution in [0.3, 0.4) is 0 Å². The van der Waals surface area contributed by atoms with E-state index in [1.54, 1.807) is 20.8 Å². The number of ether oxygens (including phenoxy) is 1. The lowest BCUT2D eigenvalue weighted by Gasteiger charge is -2.21. The van der Waals surface area contributed by atoms with E-state index in [-0.39, 0.29) is 11.4 Å². The Morgan fingerprint density at radius 3 is 2.63 bits per heavy atom. The number of benzene rings is 1. The van der Waals surface area contributed by atoms with Crippen molar-refractivity contribution in [3.05, 3.63) is 33.0 Å². The number of rotatable bonds is 3. The summed E-state index contributed by atoms with van der Waals surface area (Å²) in [6, 6.07) is 2.01. The summed E-state index contributed by atoms with van der Waals surface area (Å²) in [6.45, 7) is 5.30. The minimum absolute atomic E-state index is 0.0704. The van der Waals surface area contributed by atoms with Gasteiger partial charge in [0, 0.05) is 16.1 Å². The van der Waals surface area contributed by atoms with E-state index in [1.807, 2.05) is 0 Å². The Labute approximate surface area is 125 Å². The zero-order valence-corrected chi connectivity index (χ0v) is 13.3. The molecule has 19 heavy (non-hydrogen) atoms. The maximum absolute atomic E-state index is 13.4. The average molecular weight is 353 g/mol. The summed E-state index contributed by atoms with van der Waals surface area (Å²) in [7, 11) is 0. The van der Waals surface area contributed by atoms with Gasteiger partial charge in [-0.1, -0.05) is 27.5 Å². The lowest BCUT2D eigenvalue weighted by Crippen LogP contribution is -2.26. The van der Waals surface area contributed by atoms with Crippen LogP contribution in [0.2, 0.25) is 5.02 Å². The van der Waals surface area contributed by atoms with Gasteiger partial charge in [-0.3, -0.25) is 4.79 Å². The molecule has 1 rings (SSSR count). The summed E-state index contributed by atoms with van der Waals surface area (Å²) >= 11 is 9.12. The van der Waals surface area contributed by atoms with E-state index in [0.717, 1.165) is 0 Å². The van der Waals surface area contributed by atoms with Gasteiger partial charge in [-0.25, -0.2) is 4.39 Å². The molecule has 106 valence electrons. The van der Waals surface area contributed by atoms with Crippen LogP contribution in [0.5, 0.6) is 0 Å². The number of esters is 1. The van der Waals surface area contributed by atoms with Gasteiger partial charge in [-0.15, -0.1) is 0 Å². The van der Waals surface area contributed by atoms with Gasteiger partial charge in [0.05, 0.1) is 11.4 Å². The van der Waals surface area contributed by atoms with Crippen LogP contribution in [0.4, 0.5) is 4.39 Å². The molecule has 0 saturated carbocycles. The van der Waals surface area contributed by atoms with E-state index in [2.05, 4.69) is 15.9 Å². The van der Waals surface area contributed by atoms with Gasteiger partial charge in [0.1, 0.15) is 11.4 Å². The second kappa shape index (κ2) is 6.20. The zero-order valence-electron chi connectivity index (χ0n) is 11.0. The number of halogens is 3. The van der Waals surface area contributed by atoms with E-state index in [0.29, 0.717) is 10.0 Å². The Morgan fingerprint density at radius 1 is 1.53 bits per heavy atom. The molecule has 0 amide bonds. The summed E-state index contributed by atoms with van der Waals surface area (Å²) in [5.41, 5.74) is 5.69. The minimum Gasteiger partial charge on any atom is -0.460 e. The van der Waals surface area contributed by atoms with Crippen molar-refractivity contribution in [2.75, 3.05) is 0 Å². The van der Waals surface area contributed by atoms with Crippen molar-refractivity contribution in [1.29, 1.82) is 0 Å². The van der Waals surface area contributed by atoms with E-state index in [9.17, 15) is 9.18 Å². The number of nitrogens with two attached hydrogens (primary N) is 1. The first-order valence-corrected chi connectivity index (χ1v) is 6.89. The SMILES string of the molecule is CC(C)(C)OC(=O)CC(N)c1c(Br)ccc(F)c1Cl. The fourth-order valence-corrected chi connectivity index (χ4v) is 2.59. The van der Waals surface area contributed by atoms with E-state index < -0.39 is 23.4 Å². The summed E-state index contributed by atoms with van der Waals surface area (Å²) in [6.07, 6.45) is -0.0704. The van der Waals surface area contributed by atoms with Crippen molar-refractivity contribution in [3.8, 4) is 0 Å². The molecule has 1 unspecified atom stereocenters. The van der Waals surface area contributed by atoms with Gasteiger partial charge in [0.15, 0.2) is 0 Å². The second-order valence-electron chi connectivity index (χ2n) is 5.15. The maximum atomic E-state index is 13.4. The smallest absolute Gasteiger partial charge is 0.308 e. The zero-order chi connectivity index (χ0) is 14.8. The van der Waals surface area contributed by atoms with Crippen LogP contribution in [0.25, 0.3) is 0 Å². The fourth-order valence-electron chi connectivity index (χ4n) is 1.55. The molecule has 0 aromatic heterocycles. The molecule has 1 atom stereocenters. The molecule has 0 fully saturated rings. The molecule has 6 heteroatoms. The molecule has 0 aliphatic heterocycles. The van der Waals surface area contributed by atoms with E-state index in [1.165, 1.54) is 12.1 Å². The molecular weight excluding hydrogens is 337 g/mol. The van der Waals surface area contributed by atoms with Crippen LogP contribution in [-0.2, 0) is 9.53 Å². The Balaban J connectivity index is 2.87. The van der Waals surface area contributed by atoms with Crippen LogP contribution >= 0.6 is 27.5 Å². The molecule has 2 N–H and O–H groups in total. The highest BCUT2D eigenvalue weighted by Gasteiger charge is 2.23. The van der Waals surface area contributed by atoms with E-state index >= 15 is 0 Å². The average Bonchev–Trinajstić information content (AvgIpc) is 2.21. The topological polar surface area (TPSA) is 52.3 Å². The number of carbonyl (C=O) groups excluding carboxylic acids is 1. The third-order valence-corrected chi connectivity index (χ3v) is 3.33. The third-order valence-electron chi connectivity index (χ3n) is 2.26. The summed E-state index contributed by atoms with van der Waals surface area (Å²) in [5, 5.41) is -0.0783. The quantitative estimate of drug-likeness (QED) is 0.661. The van der Waals surface area contributed by atoms with Crippen molar-refractivity contribution < 1.29 is 13.9 Å². The monoisotopic (exact) mass is 351 g/mol. The molecule has 0 bridgehead atoms. The van der Waals surface area contributed by atoms with Gasteiger partial charge in [-0.05, 0) is 32.9 Å². The normalized spacial score (nSPS) is 13.2. The second-order valence-corrected chi connectivity index (χ2v) is 6.39. The van der Waals surface area contributed by atoms with Gasteiger partial charge in [-0.2, -0.15) is 0 Å². The van der Waals surface area contributed by atoms with Crippen molar-refractivity contribution in [2.45, 2.75) is 38.8 Å². The van der Waals surface area contributed by atoms with Crippen LogP contribution in [0.15, 0.2) is 16.6 Å². The summed E-state index contributed by atoms with van der Waals surface area (Å²) in [4.78, 5) is 11.7. The Hall–Kier alpha value is -0.650. The van der Waals surface area contributed by atoms with Gasteiger partial charge in [0.2, 0.25) is 0 Å². The van der Waals surface area contributed by atoms with Crippen LogP contribution < -0.4 is 5.73 Å². The Morgan fingerprint density at radius 2 is 2.11 bits per heavy atom. The highest BCUT2D eigenvalue weighted by atomic mass is 79.9. The molecule has 0 saturated heterocycles. The first-order chi connectivity index (χ1) is 8.61. The predicted octanol–water partition coefficient (Wildman–Crippen LogP) is 3.97. The van der Waals surface area contributed by atoms with Gasteiger partial charge >= 0.3 is 5.97 Å². The van der Waals surface area contributed by atoms with Crippen molar-refractivity contribution in [2.24, 2.45) is 5.73 Å². The van der Waals surface area contributed by atoms with Crippen molar-refractivity contribution >= 4 is 33.5 Å². The number of hydrogen-bond acceptors (Lipinski definition) is 3. The van der Waals surface area contributed by atoms with Crippen LogP contribution in [-0.4, -0.2) is 11.6 Å². The largest absolute Gasteiger partial charge is 0.460 e. The summed E-state index contributed by atoms with van der Waals surface area (Å²) in [5.74, 6) is -1.02. The number of carbonyl (C=O) groups is 1. The van der Waals surface area contributed by atoms with Gasteiger partial charge < -0.3 is 10.5 Å². The third kappa shape index (κ3) is 4.75. The maximum Gasteiger partial charge on any atom is 0.308 e. The highest BCUT2D eigenvalue weighted by Crippen LogP contribution is 2.33. The van der Waals surface area contributed by atoms with Gasteiger partial charge in [0.25, 0.3) is 0 Å². The lowest BCUT2D eigenvalue weighted by molar-refractivity contribution is -0.155. The summed E-state index contributed by atoms with van der Waals surface area (Å²) < 4.78 is 19.1. The molecular formula is C13H16BrClFNO2. The van der Waals surface area contributed by atoms with E-state index in [4.69, 9.17) is 22.1 Å². The molecule has 3 nitrogen and oxygen atoms in total. The standard InChI is InChI=1S/C13H16BrClFNO2/c1-13(2,3)19-10(18)6-9(17)11-7(14)4-5-8(16)12(11)15/h4-5,9H,6,17H2,1-3H3. The first kappa shape index (κ1) is 16.4. The molecule has 1 aromatic rings. The molecule has 0 aliphatic rings. The van der Waals surface area contributed by atoms with Crippen LogP contribution in [0, 0.1) is 5.82 Å². The van der Waals surface area contributed by atoms with Crippen molar-refractivity contribution in [3.63, 3.8) is 0 Å². The molecule has 0 heterocycles. The molecule has 1 aromatic carbocycles. The van der Waals surface area contributed by atoms with Crippen LogP contribution in [0.1, 0.15) is 38.8 Å². The highest BCUT2D eigenvalue weighted by molar-refractivity contribution is 9.10. The number of hydrogen-bond donors (Lipinski definition) is 1. The predicted molar refractivity (Wildman–Crippen MR) is 76.5 cm³/mol. The lowest BCUT2D eigenvalue weighted by atomic mass is 10.0. The Kier molecular flexibility index (Phi) is 5.35. The first-order valence-electron chi connectivity index (χ1n) is 5.72. The minimum atomic E-state index is -0.729. The molecule has 0 aliphatic carbocycles. The fraction of sp³-hybridized carbons (Fsp3) is 0.462.